The van der Waals surface area contributed by atoms with Crippen LogP contribution in [0.3, 0.4) is 0 Å². The van der Waals surface area contributed by atoms with Gasteiger partial charge in [0.1, 0.15) is 6.17 Å². The summed E-state index contributed by atoms with van der Waals surface area (Å²) in [6, 6.07) is 15.0. The molecule has 2 N–H and O–H groups in total. The first-order valence-electron chi connectivity index (χ1n) is 8.92. The average molecular weight is 459 g/mol. The molecule has 0 radical (unpaired) electrons. The molecule has 1 fully saturated rings. The lowest BCUT2D eigenvalue weighted by Gasteiger charge is -2.33. The molecule has 1 saturated heterocycles. The smallest absolute Gasteiger partial charge is 0.241 e. The van der Waals surface area contributed by atoms with Gasteiger partial charge in [-0.3, -0.25) is 19.9 Å². The second-order valence-electron chi connectivity index (χ2n) is 6.67. The SMILES string of the molecule is Cc1ccccc1N1C(=O)C2CNNC2N=C1SCC(=O)c1ccc(Br)cc1. The molecular weight excluding hydrogens is 440 g/mol. The topological polar surface area (TPSA) is 73.8 Å². The molecular formula is C20H19BrN4O2S. The highest BCUT2D eigenvalue weighted by Crippen LogP contribution is 2.31. The van der Waals surface area contributed by atoms with E-state index in [4.69, 9.17) is 4.99 Å². The quantitative estimate of drug-likeness (QED) is 0.688. The summed E-state index contributed by atoms with van der Waals surface area (Å²) in [6.45, 7) is 2.50. The lowest BCUT2D eigenvalue weighted by molar-refractivity contribution is -0.121. The van der Waals surface area contributed by atoms with Gasteiger partial charge in [-0.1, -0.05) is 58.0 Å². The molecule has 2 aromatic carbocycles. The van der Waals surface area contributed by atoms with Crippen molar-refractivity contribution < 1.29 is 9.59 Å². The van der Waals surface area contributed by atoms with Gasteiger partial charge in [0, 0.05) is 16.6 Å². The molecule has 144 valence electrons. The highest BCUT2D eigenvalue weighted by molar-refractivity contribution is 9.10. The number of rotatable bonds is 4. The first kappa shape index (κ1) is 19.3. The van der Waals surface area contributed by atoms with E-state index in [-0.39, 0.29) is 29.5 Å². The fraction of sp³-hybridized carbons (Fsp3) is 0.250. The lowest BCUT2D eigenvalue weighted by atomic mass is 10.0. The maximum absolute atomic E-state index is 13.2. The van der Waals surface area contributed by atoms with Crippen molar-refractivity contribution >= 4 is 50.2 Å². The molecule has 6 nitrogen and oxygen atoms in total. The van der Waals surface area contributed by atoms with E-state index in [9.17, 15) is 9.59 Å². The summed E-state index contributed by atoms with van der Waals surface area (Å²) in [5, 5.41) is 0.544. The number of Topliss-reactive ketones (excluding diaryl/α,β-unsaturated/α-hetero) is 1. The number of benzene rings is 2. The number of fused-ring (bicyclic) bond motifs is 1. The molecule has 2 atom stereocenters. The zero-order valence-electron chi connectivity index (χ0n) is 15.2. The van der Waals surface area contributed by atoms with Gasteiger partial charge in [-0.15, -0.1) is 0 Å². The van der Waals surface area contributed by atoms with E-state index >= 15 is 0 Å². The number of aliphatic imine (C=N–C) groups is 1. The number of hydrazine groups is 1. The minimum atomic E-state index is -0.307. The van der Waals surface area contributed by atoms with Crippen molar-refractivity contribution in [1.82, 2.24) is 10.9 Å². The van der Waals surface area contributed by atoms with Gasteiger partial charge in [-0.05, 0) is 30.7 Å². The van der Waals surface area contributed by atoms with Crippen LogP contribution < -0.4 is 15.8 Å². The Kier molecular flexibility index (Phi) is 5.63. The summed E-state index contributed by atoms with van der Waals surface area (Å²) in [6.07, 6.45) is -0.307. The van der Waals surface area contributed by atoms with Gasteiger partial charge in [-0.2, -0.15) is 0 Å². The second kappa shape index (κ2) is 8.16. The Bertz CT molecular complexity index is 947. The predicted molar refractivity (Wildman–Crippen MR) is 115 cm³/mol. The van der Waals surface area contributed by atoms with Crippen molar-refractivity contribution in [2.75, 3.05) is 17.2 Å². The van der Waals surface area contributed by atoms with Crippen LogP contribution in [0.5, 0.6) is 0 Å². The third-order valence-electron chi connectivity index (χ3n) is 4.79. The summed E-state index contributed by atoms with van der Waals surface area (Å²) in [4.78, 5) is 32.2. The predicted octanol–water partition coefficient (Wildman–Crippen LogP) is 3.13. The number of thioether (sulfide) groups is 1. The zero-order valence-corrected chi connectivity index (χ0v) is 17.6. The third-order valence-corrected chi connectivity index (χ3v) is 6.27. The number of nitrogens with zero attached hydrogens (tertiary/aromatic N) is 2. The van der Waals surface area contributed by atoms with Crippen LogP contribution in [-0.2, 0) is 4.79 Å². The number of anilines is 1. The van der Waals surface area contributed by atoms with E-state index in [2.05, 4.69) is 26.8 Å². The highest BCUT2D eigenvalue weighted by Gasteiger charge is 2.42. The number of para-hydroxylation sites is 1. The molecule has 2 heterocycles. The highest BCUT2D eigenvalue weighted by atomic mass is 79.9. The van der Waals surface area contributed by atoms with Crippen LogP contribution >= 0.6 is 27.7 Å². The van der Waals surface area contributed by atoms with Crippen molar-refractivity contribution in [3.63, 3.8) is 0 Å². The van der Waals surface area contributed by atoms with Gasteiger partial charge < -0.3 is 0 Å². The molecule has 0 bridgehead atoms. The zero-order chi connectivity index (χ0) is 19.7. The first-order valence-corrected chi connectivity index (χ1v) is 10.7. The molecule has 2 unspecified atom stereocenters. The largest absolute Gasteiger partial charge is 0.293 e. The van der Waals surface area contributed by atoms with Crippen molar-refractivity contribution in [1.29, 1.82) is 0 Å². The second-order valence-corrected chi connectivity index (χ2v) is 8.53. The molecule has 4 rings (SSSR count). The van der Waals surface area contributed by atoms with Crippen molar-refractivity contribution in [2.45, 2.75) is 13.1 Å². The maximum atomic E-state index is 13.2. The molecule has 0 aliphatic carbocycles. The Morgan fingerprint density at radius 2 is 2.00 bits per heavy atom. The van der Waals surface area contributed by atoms with E-state index in [0.717, 1.165) is 15.7 Å². The summed E-state index contributed by atoms with van der Waals surface area (Å²) in [5.41, 5.74) is 8.49. The van der Waals surface area contributed by atoms with Crippen LogP contribution in [-0.4, -0.2) is 35.3 Å². The molecule has 28 heavy (non-hydrogen) atoms. The number of carbonyl (C=O) groups excluding carboxylic acids is 2. The number of amides is 1. The average Bonchev–Trinajstić information content (AvgIpc) is 3.17. The molecule has 1 amide bonds. The van der Waals surface area contributed by atoms with E-state index < -0.39 is 0 Å². The van der Waals surface area contributed by atoms with Gasteiger partial charge >= 0.3 is 0 Å². The number of carbonyl (C=O) groups is 2. The molecule has 0 aromatic heterocycles. The lowest BCUT2D eigenvalue weighted by Crippen LogP contribution is -2.49. The van der Waals surface area contributed by atoms with Crippen LogP contribution in [0.4, 0.5) is 5.69 Å². The van der Waals surface area contributed by atoms with E-state index in [0.29, 0.717) is 17.3 Å². The van der Waals surface area contributed by atoms with E-state index in [1.54, 1.807) is 17.0 Å². The minimum absolute atomic E-state index is 0.00277. The van der Waals surface area contributed by atoms with Crippen LogP contribution in [0.1, 0.15) is 15.9 Å². The van der Waals surface area contributed by atoms with E-state index in [1.165, 1.54) is 11.8 Å². The number of ketones is 1. The van der Waals surface area contributed by atoms with Gasteiger partial charge in [0.15, 0.2) is 11.0 Å². The number of amidine groups is 1. The molecule has 0 saturated carbocycles. The minimum Gasteiger partial charge on any atom is -0.293 e. The third kappa shape index (κ3) is 3.77. The Hall–Kier alpha value is -2.00. The summed E-state index contributed by atoms with van der Waals surface area (Å²) in [7, 11) is 0. The molecule has 2 aliphatic heterocycles. The normalized spacial score (nSPS) is 21.4. The van der Waals surface area contributed by atoms with Crippen molar-refractivity contribution in [3.05, 3.63) is 64.1 Å². The number of hydrogen-bond donors (Lipinski definition) is 2. The monoisotopic (exact) mass is 458 g/mol. The van der Waals surface area contributed by atoms with Crippen molar-refractivity contribution in [2.24, 2.45) is 10.9 Å². The summed E-state index contributed by atoms with van der Waals surface area (Å²) < 4.78 is 0.926. The van der Waals surface area contributed by atoms with Gasteiger partial charge in [-0.25, -0.2) is 10.4 Å². The molecule has 8 heteroatoms. The molecule has 0 spiro atoms. The Morgan fingerprint density at radius 3 is 2.75 bits per heavy atom. The fourth-order valence-electron chi connectivity index (χ4n) is 3.25. The van der Waals surface area contributed by atoms with Crippen LogP contribution in [0, 0.1) is 12.8 Å². The van der Waals surface area contributed by atoms with Crippen LogP contribution in [0.15, 0.2) is 58.0 Å². The molecule has 2 aliphatic rings. The number of hydrogen-bond acceptors (Lipinski definition) is 6. The van der Waals surface area contributed by atoms with Crippen LogP contribution in [0.2, 0.25) is 0 Å². The maximum Gasteiger partial charge on any atom is 0.241 e. The van der Waals surface area contributed by atoms with Crippen molar-refractivity contribution in [3.8, 4) is 0 Å². The first-order chi connectivity index (χ1) is 13.5. The number of halogens is 1. The van der Waals surface area contributed by atoms with Gasteiger partial charge in [0.05, 0.1) is 17.4 Å². The van der Waals surface area contributed by atoms with Crippen LogP contribution in [0.25, 0.3) is 0 Å². The standard InChI is InChI=1S/C20H19BrN4O2S/c1-12-4-2-3-5-16(12)25-19(27)15-10-22-24-18(15)23-20(25)28-11-17(26)13-6-8-14(21)9-7-13/h2-9,15,18,22,24H,10-11H2,1H3. The number of aryl methyl sites for hydroxylation is 1. The summed E-state index contributed by atoms with van der Waals surface area (Å²) >= 11 is 4.67. The fourth-order valence-corrected chi connectivity index (χ4v) is 4.45. The number of nitrogens with one attached hydrogen (secondary N) is 2. The Morgan fingerprint density at radius 1 is 1.25 bits per heavy atom. The molecule has 2 aromatic rings. The van der Waals surface area contributed by atoms with E-state index in [1.807, 2.05) is 43.3 Å². The Labute approximate surface area is 175 Å². The summed E-state index contributed by atoms with van der Waals surface area (Å²) in [5.74, 6) is -0.0606. The van der Waals surface area contributed by atoms with Gasteiger partial charge in [0.2, 0.25) is 5.91 Å². The van der Waals surface area contributed by atoms with Gasteiger partial charge in [0.25, 0.3) is 0 Å². The Balaban J connectivity index is 1.60.